The van der Waals surface area contributed by atoms with Crippen molar-refractivity contribution in [1.82, 2.24) is 14.7 Å². The number of rotatable bonds is 1. The molecule has 2 aliphatic heterocycles. The summed E-state index contributed by atoms with van der Waals surface area (Å²) < 4.78 is 0. The van der Waals surface area contributed by atoms with Gasteiger partial charge in [0.15, 0.2) is 0 Å². The lowest BCUT2D eigenvalue weighted by Crippen LogP contribution is -2.70. The lowest BCUT2D eigenvalue weighted by molar-refractivity contribution is -0.139. The second-order valence-corrected chi connectivity index (χ2v) is 6.65. The van der Waals surface area contributed by atoms with Crippen molar-refractivity contribution in [2.75, 3.05) is 32.7 Å². The van der Waals surface area contributed by atoms with Crippen molar-refractivity contribution in [1.29, 1.82) is 0 Å². The van der Waals surface area contributed by atoms with Gasteiger partial charge in [0.2, 0.25) is 5.91 Å². The summed E-state index contributed by atoms with van der Waals surface area (Å²) in [6.45, 7) is 15.8. The summed E-state index contributed by atoms with van der Waals surface area (Å²) in [5.74, 6) is 0.212. The minimum absolute atomic E-state index is 0.109. The topological polar surface area (TPSA) is 26.8 Å². The predicted molar refractivity (Wildman–Crippen MR) is 73.5 cm³/mol. The molecule has 2 heterocycles. The van der Waals surface area contributed by atoms with Crippen molar-refractivity contribution in [3.8, 4) is 0 Å². The van der Waals surface area contributed by atoms with Gasteiger partial charge in [0.25, 0.3) is 0 Å². The maximum Gasteiger partial charge on any atom is 0.219 e. The monoisotopic (exact) mass is 253 g/mol. The van der Waals surface area contributed by atoms with E-state index in [9.17, 15) is 4.79 Å². The number of carbonyl (C=O) groups is 1. The molecular weight excluding hydrogens is 226 g/mol. The normalized spacial score (nSPS) is 29.4. The Hall–Kier alpha value is -0.610. The van der Waals surface area contributed by atoms with Crippen molar-refractivity contribution >= 4 is 5.91 Å². The molecule has 2 fully saturated rings. The highest BCUT2D eigenvalue weighted by Crippen LogP contribution is 2.28. The number of hydrogen-bond acceptors (Lipinski definition) is 3. The number of nitrogens with zero attached hydrogens (tertiary/aromatic N) is 3. The fraction of sp³-hybridized carbons (Fsp3) is 0.929. The van der Waals surface area contributed by atoms with Crippen LogP contribution in [0.15, 0.2) is 0 Å². The fourth-order valence-corrected chi connectivity index (χ4v) is 3.42. The molecular formula is C14H27N3O. The second kappa shape index (κ2) is 4.82. The van der Waals surface area contributed by atoms with Gasteiger partial charge < -0.3 is 4.90 Å². The molecule has 0 aromatic heterocycles. The Morgan fingerprint density at radius 2 is 1.89 bits per heavy atom. The number of hydrogen-bond donors (Lipinski definition) is 0. The van der Waals surface area contributed by atoms with Crippen LogP contribution in [0.5, 0.6) is 0 Å². The molecule has 18 heavy (non-hydrogen) atoms. The van der Waals surface area contributed by atoms with E-state index in [1.54, 1.807) is 6.92 Å². The molecule has 1 amide bonds. The SMILES string of the molecule is CC(=O)N1C[C@@H]2CN(C(C)C)CCN2C(C)(C)C1. The smallest absolute Gasteiger partial charge is 0.219 e. The van der Waals surface area contributed by atoms with Crippen LogP contribution in [0.3, 0.4) is 0 Å². The van der Waals surface area contributed by atoms with E-state index in [1.807, 2.05) is 4.90 Å². The molecule has 0 radical (unpaired) electrons. The molecule has 2 saturated heterocycles. The van der Waals surface area contributed by atoms with Crippen molar-refractivity contribution in [3.63, 3.8) is 0 Å². The van der Waals surface area contributed by atoms with Gasteiger partial charge in [0.1, 0.15) is 0 Å². The van der Waals surface area contributed by atoms with Crippen LogP contribution in [-0.4, -0.2) is 71.0 Å². The van der Waals surface area contributed by atoms with Gasteiger partial charge in [-0.15, -0.1) is 0 Å². The number of fused-ring (bicyclic) bond motifs is 1. The van der Waals surface area contributed by atoms with E-state index in [0.29, 0.717) is 12.1 Å². The summed E-state index contributed by atoms with van der Waals surface area (Å²) in [4.78, 5) is 18.8. The van der Waals surface area contributed by atoms with Crippen molar-refractivity contribution in [2.24, 2.45) is 0 Å². The minimum Gasteiger partial charge on any atom is -0.339 e. The number of carbonyl (C=O) groups excluding carboxylic acids is 1. The molecule has 0 aliphatic carbocycles. The van der Waals surface area contributed by atoms with E-state index in [2.05, 4.69) is 37.5 Å². The molecule has 0 N–H and O–H groups in total. The Balaban J connectivity index is 2.13. The Morgan fingerprint density at radius 1 is 1.22 bits per heavy atom. The average Bonchev–Trinajstić information content (AvgIpc) is 2.27. The maximum absolute atomic E-state index is 11.7. The Bertz CT molecular complexity index is 327. The van der Waals surface area contributed by atoms with E-state index in [4.69, 9.17) is 0 Å². The summed E-state index contributed by atoms with van der Waals surface area (Å²) >= 11 is 0. The van der Waals surface area contributed by atoms with Crippen LogP contribution in [-0.2, 0) is 4.79 Å². The van der Waals surface area contributed by atoms with Crippen LogP contribution in [0.25, 0.3) is 0 Å². The van der Waals surface area contributed by atoms with E-state index in [0.717, 1.165) is 32.7 Å². The van der Waals surface area contributed by atoms with Crippen molar-refractivity contribution in [2.45, 2.75) is 52.2 Å². The highest BCUT2D eigenvalue weighted by Gasteiger charge is 2.43. The average molecular weight is 253 g/mol. The standard InChI is InChI=1S/C14H27N3O/c1-11(2)15-6-7-17-13(8-15)9-16(12(3)18)10-14(17,4)5/h11,13H,6-10H2,1-5H3/t13-/m0/s1. The first kappa shape index (κ1) is 13.8. The van der Waals surface area contributed by atoms with Gasteiger partial charge in [-0.25, -0.2) is 0 Å². The first-order valence-electron chi connectivity index (χ1n) is 7.07. The van der Waals surface area contributed by atoms with Crippen LogP contribution in [0.2, 0.25) is 0 Å². The first-order chi connectivity index (χ1) is 8.31. The quantitative estimate of drug-likeness (QED) is 0.698. The Morgan fingerprint density at radius 3 is 2.44 bits per heavy atom. The molecule has 4 heteroatoms. The van der Waals surface area contributed by atoms with Gasteiger partial charge in [-0.3, -0.25) is 14.6 Å². The Labute approximate surface area is 111 Å². The summed E-state index contributed by atoms with van der Waals surface area (Å²) in [6.07, 6.45) is 0. The van der Waals surface area contributed by atoms with Crippen molar-refractivity contribution < 1.29 is 4.79 Å². The van der Waals surface area contributed by atoms with Gasteiger partial charge >= 0.3 is 0 Å². The summed E-state index contributed by atoms with van der Waals surface area (Å²) in [7, 11) is 0. The van der Waals surface area contributed by atoms with Gasteiger partial charge in [-0.2, -0.15) is 0 Å². The molecule has 0 bridgehead atoms. The van der Waals surface area contributed by atoms with E-state index in [-0.39, 0.29) is 11.4 Å². The number of piperazine rings is 2. The van der Waals surface area contributed by atoms with Crippen LogP contribution < -0.4 is 0 Å². The molecule has 0 unspecified atom stereocenters. The van der Waals surface area contributed by atoms with Crippen LogP contribution in [0, 0.1) is 0 Å². The molecule has 104 valence electrons. The third-order valence-electron chi connectivity index (χ3n) is 4.48. The zero-order valence-corrected chi connectivity index (χ0v) is 12.4. The number of amides is 1. The zero-order valence-electron chi connectivity index (χ0n) is 12.4. The fourth-order valence-electron chi connectivity index (χ4n) is 3.42. The van der Waals surface area contributed by atoms with E-state index >= 15 is 0 Å². The summed E-state index contributed by atoms with van der Waals surface area (Å²) in [5, 5.41) is 0. The lowest BCUT2D eigenvalue weighted by atomic mass is 9.92. The molecule has 4 nitrogen and oxygen atoms in total. The van der Waals surface area contributed by atoms with E-state index < -0.39 is 0 Å². The zero-order chi connectivity index (χ0) is 13.5. The third kappa shape index (κ3) is 2.54. The first-order valence-corrected chi connectivity index (χ1v) is 7.07. The molecule has 0 aromatic carbocycles. The molecule has 2 rings (SSSR count). The molecule has 2 aliphatic rings. The van der Waals surface area contributed by atoms with Gasteiger partial charge in [0, 0.05) is 57.3 Å². The predicted octanol–water partition coefficient (Wildman–Crippen LogP) is 1.02. The molecule has 0 spiro atoms. The van der Waals surface area contributed by atoms with Crippen LogP contribution in [0.1, 0.15) is 34.6 Å². The summed E-state index contributed by atoms with van der Waals surface area (Å²) in [5.41, 5.74) is 0.109. The highest BCUT2D eigenvalue weighted by molar-refractivity contribution is 5.73. The van der Waals surface area contributed by atoms with Gasteiger partial charge in [-0.1, -0.05) is 0 Å². The van der Waals surface area contributed by atoms with Gasteiger partial charge in [0.05, 0.1) is 0 Å². The second-order valence-electron chi connectivity index (χ2n) is 6.65. The molecule has 0 aromatic rings. The van der Waals surface area contributed by atoms with Crippen molar-refractivity contribution in [3.05, 3.63) is 0 Å². The van der Waals surface area contributed by atoms with Crippen LogP contribution in [0.4, 0.5) is 0 Å². The minimum atomic E-state index is 0.109. The molecule has 1 atom stereocenters. The lowest BCUT2D eigenvalue weighted by Gasteiger charge is -2.56. The highest BCUT2D eigenvalue weighted by atomic mass is 16.2. The molecule has 0 saturated carbocycles. The van der Waals surface area contributed by atoms with Gasteiger partial charge in [-0.05, 0) is 27.7 Å². The summed E-state index contributed by atoms with van der Waals surface area (Å²) in [6, 6.07) is 1.09. The van der Waals surface area contributed by atoms with E-state index in [1.165, 1.54) is 0 Å². The largest absolute Gasteiger partial charge is 0.339 e. The maximum atomic E-state index is 11.7. The third-order valence-corrected chi connectivity index (χ3v) is 4.48. The Kier molecular flexibility index (Phi) is 3.70. The van der Waals surface area contributed by atoms with Crippen LogP contribution >= 0.6 is 0 Å².